The van der Waals surface area contributed by atoms with Crippen LogP contribution < -0.4 is 10.6 Å². The molecule has 3 rings (SSSR count). The monoisotopic (exact) mass is 320 g/mol. The zero-order valence-corrected chi connectivity index (χ0v) is 14.9. The molecule has 0 atom stereocenters. The van der Waals surface area contributed by atoms with Crippen molar-refractivity contribution in [3.63, 3.8) is 0 Å². The maximum absolute atomic E-state index is 5.76. The van der Waals surface area contributed by atoms with Gasteiger partial charge in [0.05, 0.1) is 0 Å². The van der Waals surface area contributed by atoms with Crippen molar-refractivity contribution in [1.82, 2.24) is 9.80 Å². The topological polar surface area (TPSA) is 45.0 Å². The minimum Gasteiger partial charge on any atom is -0.399 e. The van der Waals surface area contributed by atoms with Crippen LogP contribution in [0.5, 0.6) is 0 Å². The lowest BCUT2D eigenvalue weighted by Gasteiger charge is -2.42. The number of benzene rings is 1. The Morgan fingerprint density at radius 2 is 1.43 bits per heavy atom. The molecule has 0 saturated carbocycles. The van der Waals surface area contributed by atoms with Crippen molar-refractivity contribution in [2.75, 3.05) is 71.2 Å². The van der Waals surface area contributed by atoms with Crippen molar-refractivity contribution >= 4 is 11.4 Å². The number of ether oxygens (including phenoxy) is 1. The highest BCUT2D eigenvalue weighted by Gasteiger charge is 2.26. The maximum atomic E-state index is 5.76. The van der Waals surface area contributed by atoms with E-state index in [9.17, 15) is 0 Å². The third kappa shape index (κ3) is 5.37. The van der Waals surface area contributed by atoms with E-state index in [-0.39, 0.29) is 0 Å². The van der Waals surface area contributed by atoms with Crippen molar-refractivity contribution < 1.29 is 4.74 Å². The minimum atomic E-state index is 0.786. The second-order valence-corrected chi connectivity index (χ2v) is 6.56. The molecule has 130 valence electrons. The highest BCUT2D eigenvalue weighted by Crippen LogP contribution is 2.24. The molecule has 2 fully saturated rings. The molecule has 2 saturated heterocycles. The van der Waals surface area contributed by atoms with E-state index < -0.39 is 0 Å². The Kier molecular flexibility index (Phi) is 7.15. The summed E-state index contributed by atoms with van der Waals surface area (Å²) in [5.41, 5.74) is 7.92. The zero-order valence-electron chi connectivity index (χ0n) is 14.9. The summed E-state index contributed by atoms with van der Waals surface area (Å²) in [5, 5.41) is 0. The zero-order chi connectivity index (χ0) is 16.7. The molecule has 2 heterocycles. The normalized spacial score (nSPS) is 20.9. The molecule has 0 spiro atoms. The van der Waals surface area contributed by atoms with Gasteiger partial charge in [-0.1, -0.05) is 0 Å². The Morgan fingerprint density at radius 3 is 1.96 bits per heavy atom. The third-order valence-corrected chi connectivity index (χ3v) is 4.78. The molecule has 0 bridgehead atoms. The maximum Gasteiger partial charge on any atom is 0.0367 e. The summed E-state index contributed by atoms with van der Waals surface area (Å²) in [5.74, 6) is 0. The molecule has 0 amide bonds. The molecular formula is C18H32N4O. The molecular weight excluding hydrogens is 288 g/mol. The first kappa shape index (κ1) is 18.0. The average Bonchev–Trinajstić information content (AvgIpc) is 2.57. The van der Waals surface area contributed by atoms with E-state index in [1.807, 2.05) is 12.1 Å². The van der Waals surface area contributed by atoms with E-state index in [1.165, 1.54) is 57.8 Å². The number of nitrogen functional groups attached to an aromatic ring is 1. The minimum absolute atomic E-state index is 0.786. The van der Waals surface area contributed by atoms with Crippen molar-refractivity contribution in [3.05, 3.63) is 24.3 Å². The molecule has 0 aliphatic carbocycles. The van der Waals surface area contributed by atoms with E-state index in [0.29, 0.717) is 0 Å². The number of hydrogen-bond donors (Lipinski definition) is 1. The number of methoxy groups -OCH3 is 1. The summed E-state index contributed by atoms with van der Waals surface area (Å²) in [6.07, 6.45) is 2.57. The van der Waals surface area contributed by atoms with Crippen molar-refractivity contribution in [3.8, 4) is 0 Å². The summed E-state index contributed by atoms with van der Waals surface area (Å²) in [7, 11) is 5.47. The van der Waals surface area contributed by atoms with Crippen LogP contribution >= 0.6 is 0 Å². The fraction of sp³-hybridized carbons (Fsp3) is 0.667. The second-order valence-electron chi connectivity index (χ2n) is 6.56. The predicted molar refractivity (Wildman–Crippen MR) is 98.1 cm³/mol. The Balaban J connectivity index is 0.000000595. The van der Waals surface area contributed by atoms with Gasteiger partial charge >= 0.3 is 0 Å². The highest BCUT2D eigenvalue weighted by molar-refractivity contribution is 5.53. The summed E-state index contributed by atoms with van der Waals surface area (Å²) in [6, 6.07) is 9.08. The highest BCUT2D eigenvalue weighted by atomic mass is 16.4. The first-order valence-electron chi connectivity index (χ1n) is 8.57. The summed E-state index contributed by atoms with van der Waals surface area (Å²) >= 11 is 0. The van der Waals surface area contributed by atoms with Gasteiger partial charge in [0.15, 0.2) is 0 Å². The molecule has 2 N–H and O–H groups in total. The number of nitrogens with zero attached hydrogens (tertiary/aromatic N) is 3. The Morgan fingerprint density at radius 1 is 0.913 bits per heavy atom. The lowest BCUT2D eigenvalue weighted by Crippen LogP contribution is -2.52. The molecule has 2 aliphatic heterocycles. The van der Waals surface area contributed by atoms with Crippen LogP contribution in [-0.2, 0) is 4.74 Å². The van der Waals surface area contributed by atoms with Gasteiger partial charge in [0.1, 0.15) is 0 Å². The largest absolute Gasteiger partial charge is 0.399 e. The van der Waals surface area contributed by atoms with Crippen LogP contribution in [0.2, 0.25) is 0 Å². The van der Waals surface area contributed by atoms with E-state index in [0.717, 1.165) is 11.7 Å². The third-order valence-electron chi connectivity index (χ3n) is 4.78. The van der Waals surface area contributed by atoms with E-state index >= 15 is 0 Å². The summed E-state index contributed by atoms with van der Waals surface area (Å²) < 4.78 is 4.25. The standard InChI is InChI=1S/C16H26N4.C2H6O/c1-18-10-12-20(13-11-18)16-6-8-19(9-7-16)15-4-2-14(17)3-5-15;1-3-2/h2-5,16H,6-13,17H2,1H3;1-2H3. The second kappa shape index (κ2) is 9.11. The lowest BCUT2D eigenvalue weighted by molar-refractivity contribution is 0.0982. The Labute approximate surface area is 141 Å². The summed E-state index contributed by atoms with van der Waals surface area (Å²) in [6.45, 7) is 7.25. The number of piperidine rings is 1. The lowest BCUT2D eigenvalue weighted by atomic mass is 10.0. The number of anilines is 2. The van der Waals surface area contributed by atoms with Gasteiger partial charge in [-0.15, -0.1) is 0 Å². The van der Waals surface area contributed by atoms with Crippen LogP contribution in [0.3, 0.4) is 0 Å². The van der Waals surface area contributed by atoms with Gasteiger partial charge in [-0.2, -0.15) is 0 Å². The number of hydrogen-bond acceptors (Lipinski definition) is 5. The van der Waals surface area contributed by atoms with Crippen molar-refractivity contribution in [1.29, 1.82) is 0 Å². The van der Waals surface area contributed by atoms with Crippen LogP contribution in [0.4, 0.5) is 11.4 Å². The van der Waals surface area contributed by atoms with Crippen LogP contribution in [-0.4, -0.2) is 76.4 Å². The van der Waals surface area contributed by atoms with Crippen LogP contribution in [0, 0.1) is 0 Å². The Bertz CT molecular complexity index is 435. The van der Waals surface area contributed by atoms with Crippen molar-refractivity contribution in [2.24, 2.45) is 0 Å². The van der Waals surface area contributed by atoms with E-state index in [1.54, 1.807) is 14.2 Å². The van der Waals surface area contributed by atoms with Gasteiger partial charge in [-0.3, -0.25) is 4.90 Å². The van der Waals surface area contributed by atoms with Crippen LogP contribution in [0.25, 0.3) is 0 Å². The van der Waals surface area contributed by atoms with Gasteiger partial charge in [0.2, 0.25) is 0 Å². The number of rotatable bonds is 2. The van der Waals surface area contributed by atoms with Gasteiger partial charge in [0.25, 0.3) is 0 Å². The Hall–Kier alpha value is -1.30. The number of likely N-dealkylation sites (N-methyl/N-ethyl adjacent to an activating group) is 1. The molecule has 5 nitrogen and oxygen atoms in total. The first-order chi connectivity index (χ1) is 11.1. The van der Waals surface area contributed by atoms with Gasteiger partial charge < -0.3 is 20.3 Å². The smallest absolute Gasteiger partial charge is 0.0367 e. The van der Waals surface area contributed by atoms with E-state index in [2.05, 4.69) is 38.6 Å². The SMILES string of the molecule is CN1CCN(C2CCN(c3ccc(N)cc3)CC2)CC1.COC. The molecule has 0 aromatic heterocycles. The van der Waals surface area contributed by atoms with Gasteiger partial charge in [-0.25, -0.2) is 0 Å². The quantitative estimate of drug-likeness (QED) is 0.841. The van der Waals surface area contributed by atoms with Gasteiger partial charge in [-0.05, 0) is 44.2 Å². The van der Waals surface area contributed by atoms with Gasteiger partial charge in [0, 0.05) is 70.9 Å². The number of piperazine rings is 1. The molecule has 0 unspecified atom stereocenters. The molecule has 2 aliphatic rings. The molecule has 1 aromatic rings. The average molecular weight is 320 g/mol. The van der Waals surface area contributed by atoms with Crippen LogP contribution in [0.1, 0.15) is 12.8 Å². The predicted octanol–water partition coefficient (Wildman–Crippen LogP) is 1.75. The molecule has 23 heavy (non-hydrogen) atoms. The fourth-order valence-corrected chi connectivity index (χ4v) is 3.36. The van der Waals surface area contributed by atoms with Crippen LogP contribution in [0.15, 0.2) is 24.3 Å². The summed E-state index contributed by atoms with van der Waals surface area (Å²) in [4.78, 5) is 7.62. The first-order valence-corrected chi connectivity index (χ1v) is 8.57. The molecule has 1 aromatic carbocycles. The fourth-order valence-electron chi connectivity index (χ4n) is 3.36. The number of nitrogens with two attached hydrogens (primary N) is 1. The van der Waals surface area contributed by atoms with Crippen molar-refractivity contribution in [2.45, 2.75) is 18.9 Å². The molecule has 0 radical (unpaired) electrons. The molecule has 5 heteroatoms. The van der Waals surface area contributed by atoms with E-state index in [4.69, 9.17) is 5.73 Å².